The van der Waals surface area contributed by atoms with E-state index in [1.165, 1.54) is 0 Å². The van der Waals surface area contributed by atoms with Gasteiger partial charge in [0.15, 0.2) is 0 Å². The Kier molecular flexibility index (Phi) is 4.37. The molecule has 2 aromatic rings. The van der Waals surface area contributed by atoms with Crippen LogP contribution in [-0.4, -0.2) is 12.1 Å². The van der Waals surface area contributed by atoms with Gasteiger partial charge >= 0.3 is 0 Å². The van der Waals surface area contributed by atoms with Crippen molar-refractivity contribution in [3.05, 3.63) is 52.1 Å². The van der Waals surface area contributed by atoms with Gasteiger partial charge in [-0.2, -0.15) is 5.26 Å². The first kappa shape index (κ1) is 13.4. The van der Waals surface area contributed by atoms with Gasteiger partial charge in [0.25, 0.3) is 0 Å². The third-order valence-electron chi connectivity index (χ3n) is 2.62. The van der Waals surface area contributed by atoms with Gasteiger partial charge in [-0.25, -0.2) is 4.98 Å². The second-order valence-electron chi connectivity index (χ2n) is 3.84. The lowest BCUT2D eigenvalue weighted by Gasteiger charge is -2.09. The highest BCUT2D eigenvalue weighted by Gasteiger charge is 2.05. The van der Waals surface area contributed by atoms with E-state index in [4.69, 9.17) is 10.00 Å². The third-order valence-corrected chi connectivity index (χ3v) is 3.28. The Morgan fingerprint density at radius 3 is 2.84 bits per heavy atom. The van der Waals surface area contributed by atoms with Crippen LogP contribution in [0.5, 0.6) is 5.88 Å². The van der Waals surface area contributed by atoms with Crippen LogP contribution >= 0.6 is 15.9 Å². The molecule has 0 aliphatic rings. The molecule has 4 nitrogen and oxygen atoms in total. The van der Waals surface area contributed by atoms with Crippen LogP contribution < -0.4 is 10.1 Å². The molecule has 96 valence electrons. The number of hydrogen-bond acceptors (Lipinski definition) is 4. The molecule has 1 heterocycles. The summed E-state index contributed by atoms with van der Waals surface area (Å²) in [4.78, 5) is 4.13. The summed E-state index contributed by atoms with van der Waals surface area (Å²) in [6.45, 7) is 0.599. The van der Waals surface area contributed by atoms with E-state index in [1.807, 2.05) is 30.3 Å². The number of rotatable bonds is 4. The molecule has 0 aliphatic heterocycles. The molecule has 1 aromatic carbocycles. The first-order valence-electron chi connectivity index (χ1n) is 5.66. The third kappa shape index (κ3) is 3.24. The van der Waals surface area contributed by atoms with Gasteiger partial charge in [-0.1, -0.05) is 12.1 Å². The Morgan fingerprint density at radius 2 is 2.21 bits per heavy atom. The summed E-state index contributed by atoms with van der Waals surface area (Å²) >= 11 is 3.36. The molecule has 5 heteroatoms. The summed E-state index contributed by atoms with van der Waals surface area (Å²) in [7, 11) is 1.58. The quantitative estimate of drug-likeness (QED) is 0.939. The van der Waals surface area contributed by atoms with E-state index in [-0.39, 0.29) is 0 Å². The number of benzene rings is 1. The zero-order chi connectivity index (χ0) is 13.7. The number of hydrogen-bond donors (Lipinski definition) is 1. The van der Waals surface area contributed by atoms with Crippen molar-refractivity contribution in [1.29, 1.82) is 5.26 Å². The van der Waals surface area contributed by atoms with Crippen molar-refractivity contribution in [2.45, 2.75) is 6.54 Å². The van der Waals surface area contributed by atoms with E-state index in [2.05, 4.69) is 32.3 Å². The van der Waals surface area contributed by atoms with Crippen LogP contribution in [0.4, 0.5) is 5.69 Å². The summed E-state index contributed by atoms with van der Waals surface area (Å²) in [6.07, 6.45) is 1.75. The van der Waals surface area contributed by atoms with E-state index < -0.39 is 0 Å². The summed E-state index contributed by atoms with van der Waals surface area (Å²) in [5.74, 6) is 0.587. The van der Waals surface area contributed by atoms with E-state index in [0.29, 0.717) is 18.0 Å². The fraction of sp³-hybridized carbons (Fsp3) is 0.143. The largest absolute Gasteiger partial charge is 0.481 e. The minimum Gasteiger partial charge on any atom is -0.481 e. The van der Waals surface area contributed by atoms with Gasteiger partial charge in [0.2, 0.25) is 5.88 Å². The summed E-state index contributed by atoms with van der Waals surface area (Å²) in [6, 6.07) is 11.5. The second kappa shape index (κ2) is 6.21. The van der Waals surface area contributed by atoms with Crippen LogP contribution in [0.2, 0.25) is 0 Å². The molecule has 0 atom stereocenters. The lowest BCUT2D eigenvalue weighted by Crippen LogP contribution is -2.02. The van der Waals surface area contributed by atoms with Gasteiger partial charge in [0.05, 0.1) is 18.4 Å². The SMILES string of the molecule is COc1ccc(CNc2cccc(Br)c2C#N)cn1. The number of halogens is 1. The lowest BCUT2D eigenvalue weighted by molar-refractivity contribution is 0.397. The predicted molar refractivity (Wildman–Crippen MR) is 77.0 cm³/mol. The Hall–Kier alpha value is -2.06. The zero-order valence-electron chi connectivity index (χ0n) is 10.4. The van der Waals surface area contributed by atoms with Crippen molar-refractivity contribution >= 4 is 21.6 Å². The van der Waals surface area contributed by atoms with Crippen molar-refractivity contribution in [2.75, 3.05) is 12.4 Å². The molecule has 0 fully saturated rings. The highest BCUT2D eigenvalue weighted by Crippen LogP contribution is 2.24. The molecule has 1 aromatic heterocycles. The van der Waals surface area contributed by atoms with Gasteiger partial charge in [-0.15, -0.1) is 0 Å². The maximum atomic E-state index is 9.12. The van der Waals surface area contributed by atoms with Crippen molar-refractivity contribution in [3.8, 4) is 11.9 Å². The molecule has 19 heavy (non-hydrogen) atoms. The van der Waals surface area contributed by atoms with Crippen molar-refractivity contribution in [3.63, 3.8) is 0 Å². The fourth-order valence-electron chi connectivity index (χ4n) is 1.62. The maximum Gasteiger partial charge on any atom is 0.212 e. The standard InChI is InChI=1S/C14H12BrN3O/c1-19-14-6-5-10(9-18-14)8-17-13-4-2-3-12(15)11(13)7-16/h2-6,9,17H,8H2,1H3. The van der Waals surface area contributed by atoms with Crippen LogP contribution in [0, 0.1) is 11.3 Å². The Morgan fingerprint density at radius 1 is 1.37 bits per heavy atom. The van der Waals surface area contributed by atoms with Crippen molar-refractivity contribution in [1.82, 2.24) is 4.98 Å². The van der Waals surface area contributed by atoms with E-state index in [0.717, 1.165) is 15.7 Å². The topological polar surface area (TPSA) is 57.9 Å². The highest BCUT2D eigenvalue weighted by atomic mass is 79.9. The molecule has 1 N–H and O–H groups in total. The minimum atomic E-state index is 0.587. The normalized spacial score (nSPS) is 9.74. The molecule has 0 unspecified atom stereocenters. The Balaban J connectivity index is 2.10. The van der Waals surface area contributed by atoms with Crippen molar-refractivity contribution in [2.24, 2.45) is 0 Å². The number of aromatic nitrogens is 1. The fourth-order valence-corrected chi connectivity index (χ4v) is 2.07. The zero-order valence-corrected chi connectivity index (χ0v) is 11.9. The molecular weight excluding hydrogens is 306 g/mol. The maximum absolute atomic E-state index is 9.12. The monoisotopic (exact) mass is 317 g/mol. The number of nitriles is 1. The second-order valence-corrected chi connectivity index (χ2v) is 4.69. The smallest absolute Gasteiger partial charge is 0.212 e. The molecule has 0 spiro atoms. The van der Waals surface area contributed by atoms with E-state index in [1.54, 1.807) is 13.3 Å². The molecule has 2 rings (SSSR count). The van der Waals surface area contributed by atoms with Gasteiger partial charge in [0, 0.05) is 23.3 Å². The molecule has 0 bridgehead atoms. The van der Waals surface area contributed by atoms with Gasteiger partial charge in [-0.05, 0) is 33.6 Å². The van der Waals surface area contributed by atoms with Crippen LogP contribution in [0.25, 0.3) is 0 Å². The number of anilines is 1. The Labute approximate surface area is 120 Å². The van der Waals surface area contributed by atoms with Crippen molar-refractivity contribution < 1.29 is 4.74 Å². The molecule has 0 aliphatic carbocycles. The van der Waals surface area contributed by atoms with Gasteiger partial charge < -0.3 is 10.1 Å². The summed E-state index contributed by atoms with van der Waals surface area (Å²) in [5, 5.41) is 12.3. The Bertz CT molecular complexity index is 605. The molecule has 0 radical (unpaired) electrons. The van der Waals surface area contributed by atoms with Gasteiger partial charge in [-0.3, -0.25) is 0 Å². The molecule has 0 amide bonds. The summed E-state index contributed by atoms with van der Waals surface area (Å²) < 4.78 is 5.79. The predicted octanol–water partition coefficient (Wildman–Crippen LogP) is 3.34. The lowest BCUT2D eigenvalue weighted by atomic mass is 10.2. The van der Waals surface area contributed by atoms with E-state index in [9.17, 15) is 0 Å². The number of pyridine rings is 1. The summed E-state index contributed by atoms with van der Waals surface area (Å²) in [5.41, 5.74) is 2.42. The average molecular weight is 318 g/mol. The highest BCUT2D eigenvalue weighted by molar-refractivity contribution is 9.10. The van der Waals surface area contributed by atoms with Crippen LogP contribution in [0.3, 0.4) is 0 Å². The van der Waals surface area contributed by atoms with Crippen LogP contribution in [0.15, 0.2) is 41.0 Å². The number of nitrogens with zero attached hydrogens (tertiary/aromatic N) is 2. The number of nitrogens with one attached hydrogen (secondary N) is 1. The molecular formula is C14H12BrN3O. The number of methoxy groups -OCH3 is 1. The first-order chi connectivity index (χ1) is 9.24. The molecule has 0 saturated carbocycles. The minimum absolute atomic E-state index is 0.587. The average Bonchev–Trinajstić information content (AvgIpc) is 2.45. The van der Waals surface area contributed by atoms with Crippen LogP contribution in [-0.2, 0) is 6.54 Å². The van der Waals surface area contributed by atoms with Crippen LogP contribution in [0.1, 0.15) is 11.1 Å². The molecule has 0 saturated heterocycles. The van der Waals surface area contributed by atoms with E-state index >= 15 is 0 Å². The number of ether oxygens (including phenoxy) is 1. The van der Waals surface area contributed by atoms with Gasteiger partial charge in [0.1, 0.15) is 6.07 Å². The first-order valence-corrected chi connectivity index (χ1v) is 6.45.